The molecule has 2 aromatic rings. The number of hydrogen-bond donors (Lipinski definition) is 0. The largest absolute Gasteiger partial charge is 0.380 e. The van der Waals surface area contributed by atoms with Gasteiger partial charge in [-0.1, -0.05) is 54.1 Å². The molecule has 8 heteroatoms. The molecule has 6 rings (SSSR count). The lowest BCUT2D eigenvalue weighted by Crippen LogP contribution is -2.52. The molecule has 0 N–H and O–H groups in total. The van der Waals surface area contributed by atoms with Crippen molar-refractivity contribution in [2.75, 3.05) is 55.7 Å². The first-order chi connectivity index (χ1) is 18.7. The van der Waals surface area contributed by atoms with Gasteiger partial charge in [-0.05, 0) is 36.3 Å². The zero-order chi connectivity index (χ0) is 25.9. The Bertz CT molecular complexity index is 1380. The number of nitrogens with zero attached hydrogens (tertiary/aromatic N) is 6. The summed E-state index contributed by atoms with van der Waals surface area (Å²) in [5.74, 6) is 2.90. The predicted molar refractivity (Wildman–Crippen MR) is 155 cm³/mol. The summed E-state index contributed by atoms with van der Waals surface area (Å²) in [4.78, 5) is 21.9. The van der Waals surface area contributed by atoms with E-state index in [1.807, 2.05) is 12.3 Å². The molecular formula is C30H35ClN6O. The van der Waals surface area contributed by atoms with E-state index in [2.05, 4.69) is 75.2 Å². The molecule has 2 atom stereocenters. The van der Waals surface area contributed by atoms with E-state index in [4.69, 9.17) is 26.3 Å². The molecule has 3 aliphatic heterocycles. The monoisotopic (exact) mass is 530 g/mol. The summed E-state index contributed by atoms with van der Waals surface area (Å²) >= 11 is 6.57. The van der Waals surface area contributed by atoms with Crippen LogP contribution in [0.25, 0.3) is 12.2 Å². The summed E-state index contributed by atoms with van der Waals surface area (Å²) in [6, 6.07) is 11.1. The second-order valence-corrected chi connectivity index (χ2v) is 10.8. The Balaban J connectivity index is 1.32. The minimum Gasteiger partial charge on any atom is -0.380 e. The Kier molecular flexibility index (Phi) is 7.47. The highest BCUT2D eigenvalue weighted by atomic mass is 35.5. The maximum Gasteiger partial charge on any atom is 0.227 e. The highest BCUT2D eigenvalue weighted by Crippen LogP contribution is 2.30. The fourth-order valence-corrected chi connectivity index (χ4v) is 5.95. The maximum absolute atomic E-state index is 6.57. The smallest absolute Gasteiger partial charge is 0.227 e. The third-order valence-electron chi connectivity index (χ3n) is 7.73. The number of fused-ring (bicyclic) bond motifs is 1. The molecule has 1 aliphatic carbocycles. The van der Waals surface area contributed by atoms with Gasteiger partial charge in [0, 0.05) is 70.0 Å². The average Bonchev–Trinajstić information content (AvgIpc) is 3.35. The highest BCUT2D eigenvalue weighted by molar-refractivity contribution is 6.31. The van der Waals surface area contributed by atoms with Gasteiger partial charge in [-0.2, -0.15) is 4.98 Å². The molecule has 2 saturated heterocycles. The Morgan fingerprint density at radius 1 is 1.00 bits per heavy atom. The van der Waals surface area contributed by atoms with E-state index in [0.717, 1.165) is 81.9 Å². The molecule has 1 aromatic carbocycles. The van der Waals surface area contributed by atoms with Crippen molar-refractivity contribution in [2.24, 2.45) is 4.99 Å². The molecule has 2 fully saturated rings. The molecule has 38 heavy (non-hydrogen) atoms. The van der Waals surface area contributed by atoms with E-state index in [1.165, 1.54) is 10.4 Å². The van der Waals surface area contributed by atoms with Gasteiger partial charge in [0.2, 0.25) is 5.95 Å². The molecule has 198 valence electrons. The van der Waals surface area contributed by atoms with Gasteiger partial charge >= 0.3 is 0 Å². The average molecular weight is 531 g/mol. The van der Waals surface area contributed by atoms with Crippen LogP contribution in [-0.4, -0.2) is 73.1 Å². The predicted octanol–water partition coefficient (Wildman–Crippen LogP) is 3.40. The standard InChI is InChI=1S/C30H35ClN6O/c1-22-21-36(29-26(31)9-4-5-12-32-29)14-15-37(22)28-20-27(25-11-10-23-7-2-3-8-24(23)19-25)33-30(34-28)35-13-6-17-38-18-16-35/h2-4,7-10,12,19-20,22,25H,5-6,11,13-18,21H2,1H3. The Labute approximate surface area is 229 Å². The summed E-state index contributed by atoms with van der Waals surface area (Å²) in [6.07, 6.45) is 13.4. The van der Waals surface area contributed by atoms with E-state index >= 15 is 0 Å². The first-order valence-electron chi connectivity index (χ1n) is 13.7. The molecule has 4 aliphatic rings. The highest BCUT2D eigenvalue weighted by Gasteiger charge is 2.29. The maximum atomic E-state index is 6.57. The van der Waals surface area contributed by atoms with Crippen LogP contribution in [0.15, 0.2) is 58.3 Å². The number of piperazine rings is 1. The Morgan fingerprint density at radius 2 is 1.89 bits per heavy atom. The Morgan fingerprint density at radius 3 is 2.79 bits per heavy atom. The molecule has 0 saturated carbocycles. The lowest BCUT2D eigenvalue weighted by Gasteiger charge is -2.42. The third-order valence-corrected chi connectivity index (χ3v) is 8.02. The quantitative estimate of drug-likeness (QED) is 0.604. The number of aromatic nitrogens is 2. The van der Waals surface area contributed by atoms with E-state index in [0.29, 0.717) is 11.6 Å². The van der Waals surface area contributed by atoms with Crippen LogP contribution < -0.4 is 20.2 Å². The van der Waals surface area contributed by atoms with Crippen molar-refractivity contribution in [1.82, 2.24) is 14.9 Å². The first kappa shape index (κ1) is 25.1. The van der Waals surface area contributed by atoms with E-state index < -0.39 is 0 Å². The van der Waals surface area contributed by atoms with Crippen LogP contribution in [0.5, 0.6) is 0 Å². The van der Waals surface area contributed by atoms with Crippen molar-refractivity contribution >= 4 is 41.7 Å². The number of rotatable bonds is 4. The number of benzene rings is 1. The van der Waals surface area contributed by atoms with Gasteiger partial charge in [0.15, 0.2) is 0 Å². The molecule has 1 aromatic heterocycles. The van der Waals surface area contributed by atoms with Crippen LogP contribution in [0.4, 0.5) is 11.8 Å². The van der Waals surface area contributed by atoms with Gasteiger partial charge < -0.3 is 19.4 Å². The van der Waals surface area contributed by atoms with Crippen LogP contribution in [0.2, 0.25) is 0 Å². The van der Waals surface area contributed by atoms with E-state index in [1.54, 1.807) is 0 Å². The second kappa shape index (κ2) is 11.3. The second-order valence-electron chi connectivity index (χ2n) is 10.4. The number of halogens is 1. The minimum absolute atomic E-state index is 0.223. The minimum atomic E-state index is 0.223. The van der Waals surface area contributed by atoms with E-state index in [9.17, 15) is 0 Å². The number of allylic oxidation sites excluding steroid dienone is 3. The fraction of sp³-hybridized carbons (Fsp3) is 0.433. The number of ether oxygens (including phenoxy) is 1. The lowest BCUT2D eigenvalue weighted by atomic mass is 9.94. The Hall–Kier alpha value is -3.16. The summed E-state index contributed by atoms with van der Waals surface area (Å²) in [7, 11) is 0. The van der Waals surface area contributed by atoms with Gasteiger partial charge in [-0.3, -0.25) is 0 Å². The van der Waals surface area contributed by atoms with Crippen LogP contribution in [-0.2, 0) is 4.74 Å². The molecule has 2 unspecified atom stereocenters. The first-order valence-corrected chi connectivity index (χ1v) is 14.1. The summed E-state index contributed by atoms with van der Waals surface area (Å²) < 4.78 is 5.73. The SMILES string of the molecule is CC1CN(C2=C(Cl)C=CCC=N2)CCN1c1cc(C2C=c3ccccc3=CC2)nc(N2CCCOCC2)n1. The molecule has 7 nitrogen and oxygen atoms in total. The van der Waals surface area contributed by atoms with Crippen molar-refractivity contribution in [3.8, 4) is 0 Å². The van der Waals surface area contributed by atoms with Crippen molar-refractivity contribution in [2.45, 2.75) is 38.1 Å². The van der Waals surface area contributed by atoms with Gasteiger partial charge in [-0.25, -0.2) is 9.98 Å². The van der Waals surface area contributed by atoms with Gasteiger partial charge in [0.05, 0.1) is 17.3 Å². The van der Waals surface area contributed by atoms with Crippen LogP contribution in [0.1, 0.15) is 37.8 Å². The van der Waals surface area contributed by atoms with Crippen molar-refractivity contribution < 1.29 is 4.74 Å². The number of anilines is 2. The molecule has 4 heterocycles. The third kappa shape index (κ3) is 5.36. The molecule has 0 amide bonds. The fourth-order valence-electron chi connectivity index (χ4n) is 5.69. The van der Waals surface area contributed by atoms with Crippen LogP contribution in [0, 0.1) is 0 Å². The van der Waals surface area contributed by atoms with Crippen molar-refractivity contribution in [1.29, 1.82) is 0 Å². The van der Waals surface area contributed by atoms with Gasteiger partial charge in [0.25, 0.3) is 0 Å². The number of aliphatic imine (C=N–C) groups is 1. The molecular weight excluding hydrogens is 496 g/mol. The van der Waals surface area contributed by atoms with Crippen LogP contribution >= 0.6 is 11.6 Å². The van der Waals surface area contributed by atoms with Gasteiger partial charge in [-0.15, -0.1) is 0 Å². The molecule has 0 bridgehead atoms. The van der Waals surface area contributed by atoms with E-state index in [-0.39, 0.29) is 12.0 Å². The van der Waals surface area contributed by atoms with Crippen LogP contribution in [0.3, 0.4) is 0 Å². The topological polar surface area (TPSA) is 57.1 Å². The van der Waals surface area contributed by atoms with Crippen molar-refractivity contribution in [3.05, 3.63) is 69.5 Å². The summed E-state index contributed by atoms with van der Waals surface area (Å²) in [5, 5.41) is 3.29. The van der Waals surface area contributed by atoms with Gasteiger partial charge in [0.1, 0.15) is 11.6 Å². The number of hydrogen-bond acceptors (Lipinski definition) is 7. The molecule has 0 spiro atoms. The summed E-state index contributed by atoms with van der Waals surface area (Å²) in [6.45, 7) is 8.00. The lowest BCUT2D eigenvalue weighted by molar-refractivity contribution is 0.152. The van der Waals surface area contributed by atoms with Crippen molar-refractivity contribution in [3.63, 3.8) is 0 Å². The zero-order valence-electron chi connectivity index (χ0n) is 22.0. The molecule has 0 radical (unpaired) electrons. The normalized spacial score (nSPS) is 23.9. The summed E-state index contributed by atoms with van der Waals surface area (Å²) in [5.41, 5.74) is 1.08. The zero-order valence-corrected chi connectivity index (χ0v) is 22.7.